The van der Waals surface area contributed by atoms with Gasteiger partial charge in [-0.2, -0.15) is 0 Å². The van der Waals surface area contributed by atoms with E-state index in [4.69, 9.17) is 9.73 Å². The monoisotopic (exact) mass is 494 g/mol. The van der Waals surface area contributed by atoms with Crippen molar-refractivity contribution in [3.8, 4) is 11.5 Å². The number of ether oxygens (including phenoxy) is 1. The highest BCUT2D eigenvalue weighted by Gasteiger charge is 2.45. The summed E-state index contributed by atoms with van der Waals surface area (Å²) in [6, 6.07) is 12.7. The molecule has 1 N–H and O–H groups in total. The Morgan fingerprint density at radius 1 is 1.17 bits per heavy atom. The third kappa shape index (κ3) is 6.30. The Hall–Kier alpha value is -3.23. The quantitative estimate of drug-likeness (QED) is 0.506. The molecule has 2 aromatic rings. The summed E-state index contributed by atoms with van der Waals surface area (Å²) >= 11 is 0. The van der Waals surface area contributed by atoms with Crippen molar-refractivity contribution >= 4 is 17.8 Å². The molecule has 1 spiro atoms. The van der Waals surface area contributed by atoms with Crippen LogP contribution in [0.5, 0.6) is 11.5 Å². The smallest absolute Gasteiger partial charge is 0.253 e. The lowest BCUT2D eigenvalue weighted by Crippen LogP contribution is -2.49. The van der Waals surface area contributed by atoms with Gasteiger partial charge in [-0.3, -0.25) is 19.6 Å². The second-order valence-electron chi connectivity index (χ2n) is 9.78. The number of likely N-dealkylation sites (tertiary alicyclic amines) is 1. The van der Waals surface area contributed by atoms with E-state index in [1.807, 2.05) is 6.07 Å². The summed E-state index contributed by atoms with van der Waals surface area (Å²) in [6.07, 6.45) is 6.61. The van der Waals surface area contributed by atoms with Crippen LogP contribution in [0.4, 0.5) is 4.53 Å². The van der Waals surface area contributed by atoms with Crippen LogP contribution in [-0.4, -0.2) is 74.0 Å². The van der Waals surface area contributed by atoms with Gasteiger partial charge < -0.3 is 15.0 Å². The van der Waals surface area contributed by atoms with Gasteiger partial charge in [-0.05, 0) is 75.7 Å². The molecule has 2 aliphatic rings. The van der Waals surface area contributed by atoms with Crippen molar-refractivity contribution in [2.45, 2.75) is 31.7 Å². The number of benzene rings is 2. The summed E-state index contributed by atoms with van der Waals surface area (Å²) in [5.74, 6) is 1.39. The molecule has 0 unspecified atom stereocenters. The van der Waals surface area contributed by atoms with E-state index in [1.54, 1.807) is 12.1 Å². The van der Waals surface area contributed by atoms with E-state index in [2.05, 4.69) is 65.4 Å². The molecule has 0 aromatic heterocycles. The van der Waals surface area contributed by atoms with E-state index < -0.39 is 5.54 Å². The van der Waals surface area contributed by atoms with Crippen LogP contribution in [-0.2, 0) is 4.79 Å². The molecular formula is C28H35FN4O3. The molecule has 7 nitrogen and oxygen atoms in total. The van der Waals surface area contributed by atoms with Crippen molar-refractivity contribution in [3.05, 3.63) is 65.2 Å². The summed E-state index contributed by atoms with van der Waals surface area (Å²) in [5.41, 5.74) is 2.25. The number of rotatable bonds is 10. The van der Waals surface area contributed by atoms with Crippen LogP contribution >= 0.6 is 0 Å². The zero-order chi connectivity index (χ0) is 25.5. The SMILES string of the molecule is Cc1cc(OCCCN(C)C)ccc1/C=C/CN1CCC2(CC1)N=C(c1cccc(OF)c1)NC2=O. The predicted molar refractivity (Wildman–Crippen MR) is 140 cm³/mol. The van der Waals surface area contributed by atoms with E-state index in [0.29, 0.717) is 30.8 Å². The molecule has 0 bridgehead atoms. The van der Waals surface area contributed by atoms with Crippen LogP contribution < -0.4 is 15.0 Å². The molecule has 2 aromatic carbocycles. The van der Waals surface area contributed by atoms with Crippen molar-refractivity contribution < 1.29 is 19.0 Å². The number of piperidine rings is 1. The number of amides is 1. The maximum atomic E-state index is 12.8. The highest BCUT2D eigenvalue weighted by Crippen LogP contribution is 2.31. The number of aryl methyl sites for hydroxylation is 1. The summed E-state index contributed by atoms with van der Waals surface area (Å²) in [4.78, 5) is 25.8. The predicted octanol–water partition coefficient (Wildman–Crippen LogP) is 4.01. The zero-order valence-corrected chi connectivity index (χ0v) is 21.3. The van der Waals surface area contributed by atoms with Crippen LogP contribution in [0.1, 0.15) is 36.0 Å². The first-order valence-corrected chi connectivity index (χ1v) is 12.5. The van der Waals surface area contributed by atoms with Crippen molar-refractivity contribution in [3.63, 3.8) is 0 Å². The lowest BCUT2D eigenvalue weighted by Gasteiger charge is -2.34. The molecule has 0 radical (unpaired) electrons. The summed E-state index contributed by atoms with van der Waals surface area (Å²) in [7, 11) is 4.13. The summed E-state index contributed by atoms with van der Waals surface area (Å²) < 4.78 is 18.4. The van der Waals surface area contributed by atoms with Crippen LogP contribution in [0.25, 0.3) is 6.08 Å². The lowest BCUT2D eigenvalue weighted by atomic mass is 9.88. The van der Waals surface area contributed by atoms with Crippen LogP contribution in [0.3, 0.4) is 0 Å². The fourth-order valence-electron chi connectivity index (χ4n) is 4.61. The van der Waals surface area contributed by atoms with Crippen molar-refractivity contribution in [1.82, 2.24) is 15.1 Å². The van der Waals surface area contributed by atoms with Gasteiger partial charge in [-0.1, -0.05) is 30.4 Å². The second kappa shape index (κ2) is 11.7. The van der Waals surface area contributed by atoms with Gasteiger partial charge in [0.05, 0.1) is 6.61 Å². The molecule has 0 aliphatic carbocycles. The van der Waals surface area contributed by atoms with E-state index >= 15 is 0 Å². The van der Waals surface area contributed by atoms with Crippen LogP contribution in [0, 0.1) is 6.92 Å². The minimum Gasteiger partial charge on any atom is -0.494 e. The Bertz CT molecular complexity index is 1120. The zero-order valence-electron chi connectivity index (χ0n) is 21.3. The third-order valence-electron chi connectivity index (χ3n) is 6.78. The van der Waals surface area contributed by atoms with Gasteiger partial charge in [0.15, 0.2) is 5.75 Å². The van der Waals surface area contributed by atoms with Crippen molar-refractivity contribution in [2.24, 2.45) is 4.99 Å². The second-order valence-corrected chi connectivity index (χ2v) is 9.78. The van der Waals surface area contributed by atoms with Crippen molar-refractivity contribution in [1.29, 1.82) is 0 Å². The molecule has 0 atom stereocenters. The average Bonchev–Trinajstić information content (AvgIpc) is 3.19. The van der Waals surface area contributed by atoms with Gasteiger partial charge in [-0.15, -0.1) is 0 Å². The van der Waals surface area contributed by atoms with Gasteiger partial charge in [0.2, 0.25) is 0 Å². The number of nitrogens with one attached hydrogen (secondary N) is 1. The lowest BCUT2D eigenvalue weighted by molar-refractivity contribution is -0.125. The van der Waals surface area contributed by atoms with Gasteiger partial charge in [-0.25, -0.2) is 0 Å². The molecule has 2 heterocycles. The molecule has 2 aliphatic heterocycles. The fraction of sp³-hybridized carbons (Fsp3) is 0.429. The molecule has 192 valence electrons. The number of nitrogens with zero attached hydrogens (tertiary/aromatic N) is 3. The van der Waals surface area contributed by atoms with Gasteiger partial charge in [0.25, 0.3) is 5.91 Å². The van der Waals surface area contributed by atoms with Gasteiger partial charge >= 0.3 is 0 Å². The normalized spacial score (nSPS) is 17.6. The minimum absolute atomic E-state index is 0.0843. The minimum atomic E-state index is -0.749. The van der Waals surface area contributed by atoms with E-state index in [9.17, 15) is 9.32 Å². The highest BCUT2D eigenvalue weighted by molar-refractivity contribution is 6.15. The topological polar surface area (TPSA) is 66.4 Å². The molecule has 1 saturated heterocycles. The molecule has 4 rings (SSSR count). The van der Waals surface area contributed by atoms with Gasteiger partial charge in [0, 0.05) is 36.3 Å². The van der Waals surface area contributed by atoms with Crippen molar-refractivity contribution in [2.75, 3.05) is 46.9 Å². The number of aliphatic imine (C=N–C) groups is 1. The number of halogens is 1. The molecular weight excluding hydrogens is 459 g/mol. The van der Waals surface area contributed by atoms with E-state index in [1.165, 1.54) is 23.3 Å². The first-order valence-electron chi connectivity index (χ1n) is 12.5. The highest BCUT2D eigenvalue weighted by atomic mass is 19.3. The largest absolute Gasteiger partial charge is 0.494 e. The summed E-state index contributed by atoms with van der Waals surface area (Å²) in [6.45, 7) is 6.19. The molecule has 1 fully saturated rings. The molecule has 1 amide bonds. The van der Waals surface area contributed by atoms with Gasteiger partial charge in [0.1, 0.15) is 17.1 Å². The Balaban J connectivity index is 1.28. The number of carbonyl (C=O) groups is 1. The summed E-state index contributed by atoms with van der Waals surface area (Å²) in [5, 5.41) is 2.88. The first kappa shape index (κ1) is 25.9. The maximum Gasteiger partial charge on any atom is 0.253 e. The molecule has 0 saturated carbocycles. The fourth-order valence-corrected chi connectivity index (χ4v) is 4.61. The Kier molecular flexibility index (Phi) is 8.38. The van der Waals surface area contributed by atoms with Crippen LogP contribution in [0.15, 0.2) is 53.5 Å². The third-order valence-corrected chi connectivity index (χ3v) is 6.78. The van der Waals surface area contributed by atoms with E-state index in [-0.39, 0.29) is 11.7 Å². The standard InChI is InChI=1S/C28H35FN4O3/c1-21-19-24(35-18-6-14-32(2)3)11-10-22(21)8-5-15-33-16-12-28(13-17-33)27(34)30-26(31-28)23-7-4-9-25(20-23)36-29/h4-5,7-11,19-20H,6,12-18H2,1-3H3,(H,30,31,34)/b8-5+. The maximum absolute atomic E-state index is 12.8. The Morgan fingerprint density at radius 2 is 1.97 bits per heavy atom. The number of carbonyl (C=O) groups excluding carboxylic acids is 1. The van der Waals surface area contributed by atoms with Crippen LogP contribution in [0.2, 0.25) is 0 Å². The molecule has 8 heteroatoms. The molecule has 36 heavy (non-hydrogen) atoms. The average molecular weight is 495 g/mol. The Labute approximate surface area is 212 Å². The number of hydrogen-bond donors (Lipinski definition) is 1. The number of amidine groups is 1. The van der Waals surface area contributed by atoms with E-state index in [0.717, 1.165) is 38.3 Å². The first-order chi connectivity index (χ1) is 17.4. The number of hydrogen-bond acceptors (Lipinski definition) is 6. The Morgan fingerprint density at radius 3 is 2.69 bits per heavy atom.